The van der Waals surface area contributed by atoms with Crippen LogP contribution in [0.25, 0.3) is 0 Å². The minimum atomic E-state index is -1.03. The first-order chi connectivity index (χ1) is 12.9. The van der Waals surface area contributed by atoms with Crippen molar-refractivity contribution in [2.45, 2.75) is 38.6 Å². The summed E-state index contributed by atoms with van der Waals surface area (Å²) in [6, 6.07) is 12.9. The number of Topliss-reactive ketones (excluding diaryl/α,β-unsaturated/α-hetero) is 1. The van der Waals surface area contributed by atoms with Gasteiger partial charge in [-0.3, -0.25) is 14.5 Å². The molecule has 5 nitrogen and oxygen atoms in total. The molecule has 0 aromatic heterocycles. The topological polar surface area (TPSA) is 66.5 Å². The van der Waals surface area contributed by atoms with Crippen LogP contribution in [0.2, 0.25) is 0 Å². The number of rotatable bonds is 3. The van der Waals surface area contributed by atoms with Gasteiger partial charge in [-0.05, 0) is 55.9 Å². The van der Waals surface area contributed by atoms with E-state index in [2.05, 4.69) is 5.32 Å². The van der Waals surface area contributed by atoms with Crippen molar-refractivity contribution in [3.8, 4) is 0 Å². The molecule has 1 spiro atoms. The highest BCUT2D eigenvalue weighted by Gasteiger charge is 2.54. The van der Waals surface area contributed by atoms with E-state index in [1.165, 1.54) is 0 Å². The Labute approximate surface area is 158 Å². The minimum Gasteiger partial charge on any atom is -0.319 e. The van der Waals surface area contributed by atoms with E-state index < -0.39 is 11.6 Å². The molecule has 0 bridgehead atoms. The maximum Gasteiger partial charge on any atom is 0.325 e. The van der Waals surface area contributed by atoms with Crippen LogP contribution in [0.1, 0.15) is 45.5 Å². The molecule has 5 heteroatoms. The minimum absolute atomic E-state index is 0.221. The number of fused-ring (bicyclic) bond motifs is 2. The number of carbonyl (C=O) groups excluding carboxylic acids is 3. The summed E-state index contributed by atoms with van der Waals surface area (Å²) in [5.74, 6) is -0.542. The first kappa shape index (κ1) is 17.5. The summed E-state index contributed by atoms with van der Waals surface area (Å²) in [6.07, 6.45) is 2.27. The molecule has 1 N–H and O–H groups in total. The molecule has 4 rings (SSSR count). The Hall–Kier alpha value is -2.95. The molecule has 1 atom stereocenters. The molecule has 1 heterocycles. The average Bonchev–Trinajstić information content (AvgIpc) is 2.89. The number of urea groups is 1. The molecule has 2 aromatic carbocycles. The third-order valence-electron chi connectivity index (χ3n) is 5.65. The Morgan fingerprint density at radius 3 is 2.74 bits per heavy atom. The monoisotopic (exact) mass is 362 g/mol. The van der Waals surface area contributed by atoms with Crippen LogP contribution in [0.4, 0.5) is 4.79 Å². The summed E-state index contributed by atoms with van der Waals surface area (Å²) < 4.78 is 0. The van der Waals surface area contributed by atoms with Crippen LogP contribution in [0.5, 0.6) is 0 Å². The van der Waals surface area contributed by atoms with E-state index in [-0.39, 0.29) is 18.2 Å². The van der Waals surface area contributed by atoms with Gasteiger partial charge in [0, 0.05) is 5.56 Å². The fraction of sp³-hybridized carbons (Fsp3) is 0.318. The number of hydrogen-bond acceptors (Lipinski definition) is 3. The summed E-state index contributed by atoms with van der Waals surface area (Å²) in [4.78, 5) is 39.8. The molecule has 1 aliphatic carbocycles. The molecule has 1 unspecified atom stereocenters. The lowest BCUT2D eigenvalue weighted by atomic mass is 9.76. The third kappa shape index (κ3) is 2.74. The smallest absolute Gasteiger partial charge is 0.319 e. The molecule has 27 heavy (non-hydrogen) atoms. The van der Waals surface area contributed by atoms with E-state index >= 15 is 0 Å². The molecule has 0 saturated carbocycles. The number of benzene rings is 2. The van der Waals surface area contributed by atoms with Gasteiger partial charge < -0.3 is 5.32 Å². The van der Waals surface area contributed by atoms with Crippen molar-refractivity contribution >= 4 is 17.7 Å². The molecule has 0 radical (unpaired) electrons. The van der Waals surface area contributed by atoms with Gasteiger partial charge in [-0.15, -0.1) is 0 Å². The molecule has 2 aliphatic rings. The first-order valence-electron chi connectivity index (χ1n) is 9.25. The van der Waals surface area contributed by atoms with Crippen LogP contribution in [0.15, 0.2) is 42.5 Å². The lowest BCUT2D eigenvalue weighted by molar-refractivity contribution is -0.131. The summed E-state index contributed by atoms with van der Waals surface area (Å²) in [7, 11) is 0. The van der Waals surface area contributed by atoms with Crippen molar-refractivity contribution in [2.75, 3.05) is 6.54 Å². The summed E-state index contributed by atoms with van der Waals surface area (Å²) in [5, 5.41) is 2.89. The zero-order valence-corrected chi connectivity index (χ0v) is 15.5. The molecular formula is C22H22N2O3. The molecule has 3 amide bonds. The van der Waals surface area contributed by atoms with Crippen LogP contribution < -0.4 is 5.32 Å². The second kappa shape index (κ2) is 6.34. The summed E-state index contributed by atoms with van der Waals surface area (Å²) in [6.45, 7) is 3.54. The number of hydrogen-bond donors (Lipinski definition) is 1. The summed E-state index contributed by atoms with van der Waals surface area (Å²) >= 11 is 0. The van der Waals surface area contributed by atoms with Gasteiger partial charge >= 0.3 is 6.03 Å². The molecule has 2 aromatic rings. The van der Waals surface area contributed by atoms with Gasteiger partial charge in [0.05, 0.1) is 6.54 Å². The Morgan fingerprint density at radius 1 is 1.15 bits per heavy atom. The van der Waals surface area contributed by atoms with E-state index in [0.29, 0.717) is 12.0 Å². The van der Waals surface area contributed by atoms with E-state index in [1.54, 1.807) is 0 Å². The Morgan fingerprint density at radius 2 is 1.93 bits per heavy atom. The predicted molar refractivity (Wildman–Crippen MR) is 102 cm³/mol. The third-order valence-corrected chi connectivity index (χ3v) is 5.65. The Balaban J connectivity index is 1.65. The van der Waals surface area contributed by atoms with Crippen LogP contribution in [0, 0.1) is 13.8 Å². The number of aryl methyl sites for hydroxylation is 3. The highest BCUT2D eigenvalue weighted by atomic mass is 16.2. The summed E-state index contributed by atoms with van der Waals surface area (Å²) in [5.41, 5.74) is 3.28. The maximum atomic E-state index is 13.3. The van der Waals surface area contributed by atoms with Crippen LogP contribution in [-0.4, -0.2) is 29.2 Å². The van der Waals surface area contributed by atoms with E-state index in [9.17, 15) is 14.4 Å². The maximum absolute atomic E-state index is 13.3. The second-order valence-electron chi connectivity index (χ2n) is 7.48. The highest BCUT2D eigenvalue weighted by Crippen LogP contribution is 2.39. The van der Waals surface area contributed by atoms with Crippen molar-refractivity contribution in [1.29, 1.82) is 0 Å². The van der Waals surface area contributed by atoms with Crippen LogP contribution in [0.3, 0.4) is 0 Å². The zero-order chi connectivity index (χ0) is 19.2. The Bertz CT molecular complexity index is 966. The van der Waals surface area contributed by atoms with Gasteiger partial charge in [0.2, 0.25) is 0 Å². The van der Waals surface area contributed by atoms with Crippen molar-refractivity contribution < 1.29 is 14.4 Å². The molecule has 1 saturated heterocycles. The second-order valence-corrected chi connectivity index (χ2v) is 7.48. The average molecular weight is 362 g/mol. The zero-order valence-electron chi connectivity index (χ0n) is 15.5. The van der Waals surface area contributed by atoms with Crippen LogP contribution in [-0.2, 0) is 16.8 Å². The van der Waals surface area contributed by atoms with Gasteiger partial charge in [-0.1, -0.05) is 42.0 Å². The number of ketones is 1. The van der Waals surface area contributed by atoms with Crippen molar-refractivity contribution in [1.82, 2.24) is 10.2 Å². The number of carbonyl (C=O) groups is 3. The van der Waals surface area contributed by atoms with Crippen molar-refractivity contribution in [3.05, 3.63) is 70.3 Å². The molecule has 1 fully saturated rings. The number of nitrogens with one attached hydrogen (secondary N) is 1. The van der Waals surface area contributed by atoms with Crippen LogP contribution >= 0.6 is 0 Å². The lowest BCUT2D eigenvalue weighted by Gasteiger charge is -2.33. The SMILES string of the molecule is Cc1ccc(C)c(C(=O)CN2C(=O)NC3(CCCc4ccccc43)C2=O)c1. The molecule has 138 valence electrons. The van der Waals surface area contributed by atoms with E-state index in [4.69, 9.17) is 0 Å². The fourth-order valence-corrected chi connectivity index (χ4v) is 4.22. The van der Waals surface area contributed by atoms with Gasteiger partial charge in [0.15, 0.2) is 5.78 Å². The van der Waals surface area contributed by atoms with Gasteiger partial charge in [0.1, 0.15) is 5.54 Å². The highest BCUT2D eigenvalue weighted by molar-refractivity contribution is 6.11. The molecule has 1 aliphatic heterocycles. The van der Waals surface area contributed by atoms with Gasteiger partial charge in [-0.2, -0.15) is 0 Å². The standard InChI is InChI=1S/C22H22N2O3/c1-14-9-10-15(2)17(12-14)19(25)13-24-20(26)22(23-21(24)27)11-5-7-16-6-3-4-8-18(16)22/h3-4,6,8-10,12H,5,7,11,13H2,1-2H3,(H,23,27). The molecular weight excluding hydrogens is 340 g/mol. The predicted octanol–water partition coefficient (Wildman–Crippen LogP) is 3.27. The quantitative estimate of drug-likeness (QED) is 0.673. The first-order valence-corrected chi connectivity index (χ1v) is 9.25. The van der Waals surface area contributed by atoms with Crippen molar-refractivity contribution in [2.24, 2.45) is 0 Å². The van der Waals surface area contributed by atoms with E-state index in [1.807, 2.05) is 56.3 Å². The number of imide groups is 1. The fourth-order valence-electron chi connectivity index (χ4n) is 4.22. The van der Waals surface area contributed by atoms with E-state index in [0.717, 1.165) is 40.0 Å². The number of nitrogens with zero attached hydrogens (tertiary/aromatic N) is 1. The number of amides is 3. The Kier molecular flexibility index (Phi) is 4.10. The normalized spacial score (nSPS) is 21.3. The largest absolute Gasteiger partial charge is 0.325 e. The van der Waals surface area contributed by atoms with Crippen molar-refractivity contribution in [3.63, 3.8) is 0 Å². The van der Waals surface area contributed by atoms with Gasteiger partial charge in [0.25, 0.3) is 5.91 Å². The lowest BCUT2D eigenvalue weighted by Crippen LogP contribution is -2.46. The van der Waals surface area contributed by atoms with Gasteiger partial charge in [-0.25, -0.2) is 4.79 Å².